The Morgan fingerprint density at radius 2 is 1.86 bits per heavy atom. The molecule has 0 saturated carbocycles. The van der Waals surface area contributed by atoms with Crippen molar-refractivity contribution in [2.45, 2.75) is 26.1 Å². The SMILES string of the molecule is CS(=O)(=O)O.Cc1c(Cc2c(CO)nc3c(N)cc(N4CCOCC4)nn23)cccc1C(F)(F)F. The summed E-state index contributed by atoms with van der Waals surface area (Å²) in [7, 11) is -3.67. The van der Waals surface area contributed by atoms with E-state index in [0.29, 0.717) is 66.7 Å². The number of nitrogen functional groups attached to an aromatic ring is 1. The average molecular weight is 518 g/mol. The molecule has 35 heavy (non-hydrogen) atoms. The minimum atomic E-state index is -4.44. The molecule has 1 aromatic carbocycles. The minimum Gasteiger partial charge on any atom is -0.396 e. The lowest BCUT2D eigenvalue weighted by molar-refractivity contribution is -0.138. The second-order valence-corrected chi connectivity index (χ2v) is 9.42. The van der Waals surface area contributed by atoms with Gasteiger partial charge in [0, 0.05) is 25.6 Å². The zero-order valence-electron chi connectivity index (χ0n) is 19.1. The third kappa shape index (κ3) is 6.60. The van der Waals surface area contributed by atoms with Crippen LogP contribution in [0.25, 0.3) is 5.65 Å². The quantitative estimate of drug-likeness (QED) is 0.443. The second-order valence-electron chi connectivity index (χ2n) is 7.95. The van der Waals surface area contributed by atoms with E-state index in [2.05, 4.69) is 10.1 Å². The Kier molecular flexibility index (Phi) is 7.89. The molecule has 1 saturated heterocycles. The fourth-order valence-corrected chi connectivity index (χ4v) is 3.73. The summed E-state index contributed by atoms with van der Waals surface area (Å²) in [5.41, 5.74) is 7.74. The van der Waals surface area contributed by atoms with Gasteiger partial charge in [0.2, 0.25) is 0 Å². The van der Waals surface area contributed by atoms with Crippen LogP contribution in [0.15, 0.2) is 24.3 Å². The third-order valence-electron chi connectivity index (χ3n) is 5.37. The molecule has 0 bridgehead atoms. The first-order chi connectivity index (χ1) is 16.3. The molecule has 0 radical (unpaired) electrons. The van der Waals surface area contributed by atoms with E-state index in [4.69, 9.17) is 15.0 Å². The molecule has 1 aliphatic heterocycles. The molecule has 3 aromatic rings. The molecule has 0 amide bonds. The number of aliphatic hydroxyl groups excluding tert-OH is 1. The lowest BCUT2D eigenvalue weighted by atomic mass is 9.98. The van der Waals surface area contributed by atoms with Gasteiger partial charge in [-0.15, -0.1) is 5.10 Å². The number of aliphatic hydroxyl groups is 1. The molecule has 0 unspecified atom stereocenters. The van der Waals surface area contributed by atoms with Crippen molar-refractivity contribution in [1.29, 1.82) is 0 Å². The Balaban J connectivity index is 0.000000623. The van der Waals surface area contributed by atoms with Gasteiger partial charge in [0.1, 0.15) is 0 Å². The number of benzene rings is 1. The largest absolute Gasteiger partial charge is 0.416 e. The molecule has 1 aliphatic rings. The Morgan fingerprint density at radius 1 is 1.23 bits per heavy atom. The second kappa shape index (κ2) is 10.4. The molecule has 0 atom stereocenters. The number of nitrogens with zero attached hydrogens (tertiary/aromatic N) is 4. The van der Waals surface area contributed by atoms with E-state index in [0.717, 1.165) is 6.07 Å². The van der Waals surface area contributed by atoms with Crippen molar-refractivity contribution in [3.8, 4) is 0 Å². The van der Waals surface area contributed by atoms with Gasteiger partial charge in [0.15, 0.2) is 11.5 Å². The standard InChI is InChI=1S/C20H22F3N5O2.CH4O3S/c1-12-13(3-2-4-14(12)20(21,22)23)9-17-16(11-29)25-19-15(24)10-18(26-28(17)19)27-5-7-30-8-6-27;1-5(2,3)4/h2-4,10,29H,5-9,11,24H2,1H3;1H3,(H,2,3,4). The number of rotatable bonds is 4. The maximum absolute atomic E-state index is 13.3. The molecule has 2 aromatic heterocycles. The highest BCUT2D eigenvalue weighted by molar-refractivity contribution is 7.85. The van der Waals surface area contributed by atoms with Crippen LogP contribution < -0.4 is 10.6 Å². The summed E-state index contributed by atoms with van der Waals surface area (Å²) in [5.74, 6) is 0.632. The zero-order valence-corrected chi connectivity index (χ0v) is 19.9. The number of morpholine rings is 1. The van der Waals surface area contributed by atoms with Gasteiger partial charge in [0.25, 0.3) is 10.1 Å². The number of imidazole rings is 1. The Hall–Kier alpha value is -2.94. The molecule has 3 heterocycles. The molecule has 4 N–H and O–H groups in total. The smallest absolute Gasteiger partial charge is 0.396 e. The van der Waals surface area contributed by atoms with Gasteiger partial charge in [-0.3, -0.25) is 4.55 Å². The number of ether oxygens (including phenoxy) is 1. The van der Waals surface area contributed by atoms with E-state index in [1.807, 2.05) is 4.90 Å². The number of nitrogens with two attached hydrogens (primary N) is 1. The van der Waals surface area contributed by atoms with Crippen molar-refractivity contribution in [3.63, 3.8) is 0 Å². The topological polar surface area (TPSA) is 143 Å². The number of hydrogen-bond acceptors (Lipinski definition) is 8. The summed E-state index contributed by atoms with van der Waals surface area (Å²) >= 11 is 0. The number of hydrogen-bond donors (Lipinski definition) is 3. The molecule has 192 valence electrons. The van der Waals surface area contributed by atoms with Crippen LogP contribution in [0.2, 0.25) is 0 Å². The molecular weight excluding hydrogens is 491 g/mol. The Morgan fingerprint density at radius 3 is 2.43 bits per heavy atom. The van der Waals surface area contributed by atoms with E-state index in [9.17, 15) is 26.7 Å². The molecule has 4 rings (SSSR count). The van der Waals surface area contributed by atoms with E-state index in [1.165, 1.54) is 17.5 Å². The van der Waals surface area contributed by atoms with Crippen molar-refractivity contribution < 1.29 is 36.0 Å². The molecule has 0 aliphatic carbocycles. The first-order valence-corrected chi connectivity index (χ1v) is 12.3. The van der Waals surface area contributed by atoms with Crippen LogP contribution in [-0.4, -0.2) is 65.2 Å². The Bertz CT molecular complexity index is 1300. The molecule has 10 nitrogen and oxygen atoms in total. The number of halogens is 3. The van der Waals surface area contributed by atoms with Gasteiger partial charge in [-0.2, -0.15) is 21.6 Å². The van der Waals surface area contributed by atoms with Crippen molar-refractivity contribution in [2.75, 3.05) is 43.2 Å². The lowest BCUT2D eigenvalue weighted by Crippen LogP contribution is -2.37. The molecule has 1 fully saturated rings. The van der Waals surface area contributed by atoms with Crippen molar-refractivity contribution >= 4 is 27.3 Å². The average Bonchev–Trinajstić information content (AvgIpc) is 3.12. The van der Waals surface area contributed by atoms with Crippen LogP contribution in [0.4, 0.5) is 24.7 Å². The Labute approximate surface area is 199 Å². The highest BCUT2D eigenvalue weighted by Crippen LogP contribution is 2.34. The number of anilines is 2. The van der Waals surface area contributed by atoms with Gasteiger partial charge < -0.3 is 20.5 Å². The molecule has 0 spiro atoms. The predicted molar refractivity (Wildman–Crippen MR) is 123 cm³/mol. The summed E-state index contributed by atoms with van der Waals surface area (Å²) in [6, 6.07) is 5.80. The highest BCUT2D eigenvalue weighted by Gasteiger charge is 2.33. The monoisotopic (exact) mass is 517 g/mol. The first kappa shape index (κ1) is 26.7. The predicted octanol–water partition coefficient (Wildman–Crippen LogP) is 2.06. The lowest BCUT2D eigenvalue weighted by Gasteiger charge is -2.27. The van der Waals surface area contributed by atoms with Crippen LogP contribution in [-0.2, 0) is 34.1 Å². The molecule has 14 heteroatoms. The highest BCUT2D eigenvalue weighted by atomic mass is 32.2. The van der Waals surface area contributed by atoms with Gasteiger partial charge in [-0.1, -0.05) is 12.1 Å². The maximum atomic E-state index is 13.3. The fourth-order valence-electron chi connectivity index (χ4n) is 3.73. The van der Waals surface area contributed by atoms with Crippen molar-refractivity contribution in [3.05, 3.63) is 52.3 Å². The van der Waals surface area contributed by atoms with Gasteiger partial charge in [0.05, 0.1) is 48.7 Å². The summed E-state index contributed by atoms with van der Waals surface area (Å²) in [4.78, 5) is 6.40. The van der Waals surface area contributed by atoms with Crippen LogP contribution in [0.3, 0.4) is 0 Å². The van der Waals surface area contributed by atoms with Crippen LogP contribution in [0.1, 0.15) is 28.1 Å². The third-order valence-corrected chi connectivity index (χ3v) is 5.37. The van der Waals surface area contributed by atoms with E-state index < -0.39 is 21.9 Å². The number of aromatic nitrogens is 3. The summed E-state index contributed by atoms with van der Waals surface area (Å²) < 4.78 is 72.7. The van der Waals surface area contributed by atoms with E-state index >= 15 is 0 Å². The fraction of sp³-hybridized carbons (Fsp3) is 0.429. The van der Waals surface area contributed by atoms with Crippen LogP contribution in [0.5, 0.6) is 0 Å². The van der Waals surface area contributed by atoms with Crippen LogP contribution >= 0.6 is 0 Å². The van der Waals surface area contributed by atoms with E-state index in [-0.39, 0.29) is 18.6 Å². The van der Waals surface area contributed by atoms with Gasteiger partial charge in [-0.25, -0.2) is 9.50 Å². The number of fused-ring (bicyclic) bond motifs is 1. The minimum absolute atomic E-state index is 0.131. The summed E-state index contributed by atoms with van der Waals surface area (Å²) in [6.45, 7) is 3.52. The zero-order chi connectivity index (χ0) is 26.0. The summed E-state index contributed by atoms with van der Waals surface area (Å²) in [6.07, 6.45) is -3.59. The van der Waals surface area contributed by atoms with Crippen LogP contribution in [0, 0.1) is 6.92 Å². The van der Waals surface area contributed by atoms with Crippen molar-refractivity contribution in [2.24, 2.45) is 0 Å². The normalized spacial score (nSPS) is 14.7. The molecular formula is C21H26F3N5O5S. The van der Waals surface area contributed by atoms with Crippen molar-refractivity contribution in [1.82, 2.24) is 14.6 Å². The van der Waals surface area contributed by atoms with E-state index in [1.54, 1.807) is 12.1 Å². The van der Waals surface area contributed by atoms with Gasteiger partial charge in [-0.05, 0) is 24.1 Å². The maximum Gasteiger partial charge on any atom is 0.416 e. The number of alkyl halides is 3. The summed E-state index contributed by atoms with van der Waals surface area (Å²) in [5, 5.41) is 14.4. The first-order valence-electron chi connectivity index (χ1n) is 10.5. The van der Waals surface area contributed by atoms with Gasteiger partial charge >= 0.3 is 6.18 Å².